The minimum Gasteiger partial charge on any atom is -0.454 e. The molecule has 0 amide bonds. The van der Waals surface area contributed by atoms with Gasteiger partial charge in [0.2, 0.25) is 6.79 Å². The number of fused-ring (bicyclic) bond motifs is 1. The molecule has 0 radical (unpaired) electrons. The highest BCUT2D eigenvalue weighted by Gasteiger charge is 2.27. The summed E-state index contributed by atoms with van der Waals surface area (Å²) in [5.41, 5.74) is 0.144. The van der Waals surface area contributed by atoms with Crippen molar-refractivity contribution < 1.29 is 27.4 Å². The summed E-state index contributed by atoms with van der Waals surface area (Å²) in [6, 6.07) is 4.25. The molecule has 2 rings (SSSR count). The molecular weight excluding hydrogens is 239 g/mol. The number of benzene rings is 1. The van der Waals surface area contributed by atoms with E-state index in [1.165, 1.54) is 23.5 Å². The molecule has 4 nitrogen and oxygen atoms in total. The van der Waals surface area contributed by atoms with Gasteiger partial charge >= 0.3 is 6.30 Å². The molecule has 0 atom stereocenters. The number of rotatable bonds is 3. The number of hydrogen-bond acceptors (Lipinski definition) is 4. The van der Waals surface area contributed by atoms with Crippen molar-refractivity contribution in [1.82, 2.24) is 5.32 Å². The van der Waals surface area contributed by atoms with Crippen molar-refractivity contribution >= 4 is 5.78 Å². The van der Waals surface area contributed by atoms with Gasteiger partial charge in [-0.2, -0.15) is 13.2 Å². The van der Waals surface area contributed by atoms with Gasteiger partial charge in [0.25, 0.3) is 0 Å². The van der Waals surface area contributed by atoms with E-state index in [4.69, 9.17) is 9.47 Å². The standard InChI is InChI=1S/C10H8F3NO3/c11-10(12,13)14-4-7(15)6-1-2-8-9(3-6)17-5-16-8/h1-3,14H,4-5H2. The van der Waals surface area contributed by atoms with Gasteiger partial charge < -0.3 is 9.47 Å². The fourth-order valence-electron chi connectivity index (χ4n) is 1.35. The number of ketones is 1. The lowest BCUT2D eigenvalue weighted by atomic mass is 10.1. The van der Waals surface area contributed by atoms with Crippen LogP contribution < -0.4 is 14.8 Å². The first kappa shape index (κ1) is 11.7. The van der Waals surface area contributed by atoms with Crippen molar-refractivity contribution in [2.24, 2.45) is 0 Å². The van der Waals surface area contributed by atoms with E-state index >= 15 is 0 Å². The van der Waals surface area contributed by atoms with E-state index in [1.807, 2.05) is 0 Å². The van der Waals surface area contributed by atoms with E-state index in [9.17, 15) is 18.0 Å². The van der Waals surface area contributed by atoms with Crippen molar-refractivity contribution in [1.29, 1.82) is 0 Å². The second-order valence-corrected chi connectivity index (χ2v) is 3.34. The SMILES string of the molecule is O=C(CNC(F)(F)F)c1ccc2c(c1)OCO2. The molecule has 0 unspecified atom stereocenters. The summed E-state index contributed by atoms with van der Waals surface area (Å²) in [6.45, 7) is -0.753. The zero-order chi connectivity index (χ0) is 12.5. The van der Waals surface area contributed by atoms with Gasteiger partial charge in [0.1, 0.15) is 0 Å². The first-order valence-corrected chi connectivity index (χ1v) is 4.70. The Kier molecular flexibility index (Phi) is 2.93. The Hall–Kier alpha value is -1.76. The smallest absolute Gasteiger partial charge is 0.454 e. The van der Waals surface area contributed by atoms with Crippen LogP contribution in [0.3, 0.4) is 0 Å². The average Bonchev–Trinajstić information content (AvgIpc) is 2.71. The van der Waals surface area contributed by atoms with Gasteiger partial charge in [0, 0.05) is 5.56 Å². The summed E-state index contributed by atoms with van der Waals surface area (Å²) in [5, 5.41) is 1.17. The number of Topliss-reactive ketones (excluding diaryl/α,β-unsaturated/α-hetero) is 1. The van der Waals surface area contributed by atoms with Crippen LogP contribution in [0.15, 0.2) is 18.2 Å². The first-order chi connectivity index (χ1) is 7.96. The van der Waals surface area contributed by atoms with Crippen LogP contribution in [0.25, 0.3) is 0 Å². The van der Waals surface area contributed by atoms with Crippen LogP contribution >= 0.6 is 0 Å². The van der Waals surface area contributed by atoms with E-state index in [0.29, 0.717) is 11.5 Å². The minimum absolute atomic E-state index is 0.0494. The summed E-state index contributed by atoms with van der Waals surface area (Å²) in [4.78, 5) is 11.4. The van der Waals surface area contributed by atoms with Crippen molar-refractivity contribution in [2.45, 2.75) is 6.30 Å². The Labute approximate surface area is 94.3 Å². The maximum absolute atomic E-state index is 11.8. The number of nitrogens with one attached hydrogen (secondary N) is 1. The highest BCUT2D eigenvalue weighted by molar-refractivity contribution is 5.98. The first-order valence-electron chi connectivity index (χ1n) is 4.70. The lowest BCUT2D eigenvalue weighted by Crippen LogP contribution is -2.35. The normalized spacial score (nSPS) is 13.8. The molecule has 17 heavy (non-hydrogen) atoms. The van der Waals surface area contributed by atoms with Crippen LogP contribution in [0.5, 0.6) is 11.5 Å². The zero-order valence-corrected chi connectivity index (χ0v) is 8.50. The van der Waals surface area contributed by atoms with Crippen molar-refractivity contribution in [3.05, 3.63) is 23.8 Å². The molecule has 1 aliphatic heterocycles. The molecule has 0 fully saturated rings. The molecule has 0 aliphatic carbocycles. The summed E-state index contributed by atoms with van der Waals surface area (Å²) < 4.78 is 45.6. The van der Waals surface area contributed by atoms with Crippen LogP contribution in [0.1, 0.15) is 10.4 Å². The van der Waals surface area contributed by atoms with Gasteiger partial charge in [-0.25, -0.2) is 5.32 Å². The molecule has 1 N–H and O–H groups in total. The van der Waals surface area contributed by atoms with E-state index in [1.54, 1.807) is 0 Å². The number of alkyl halides is 3. The van der Waals surface area contributed by atoms with Crippen LogP contribution in [-0.4, -0.2) is 25.4 Å². The van der Waals surface area contributed by atoms with Gasteiger partial charge in [-0.05, 0) is 18.2 Å². The maximum atomic E-state index is 11.8. The van der Waals surface area contributed by atoms with E-state index in [-0.39, 0.29) is 12.4 Å². The van der Waals surface area contributed by atoms with Crippen LogP contribution in [0.2, 0.25) is 0 Å². The van der Waals surface area contributed by atoms with E-state index < -0.39 is 18.6 Å². The lowest BCUT2D eigenvalue weighted by molar-refractivity contribution is -0.154. The second-order valence-electron chi connectivity index (χ2n) is 3.34. The number of hydrogen-bond donors (Lipinski definition) is 1. The van der Waals surface area contributed by atoms with Crippen molar-refractivity contribution in [3.8, 4) is 11.5 Å². The second kappa shape index (κ2) is 4.25. The third-order valence-electron chi connectivity index (χ3n) is 2.14. The summed E-state index contributed by atoms with van der Waals surface area (Å²) in [5.74, 6) is 0.175. The topological polar surface area (TPSA) is 47.6 Å². The molecule has 1 aromatic rings. The van der Waals surface area contributed by atoms with Gasteiger partial charge in [0.05, 0.1) is 6.54 Å². The molecule has 0 spiro atoms. The summed E-state index contributed by atoms with van der Waals surface area (Å²) in [6.07, 6.45) is -4.56. The molecule has 0 saturated carbocycles. The maximum Gasteiger partial charge on any atom is 0.457 e. The monoisotopic (exact) mass is 247 g/mol. The van der Waals surface area contributed by atoms with Crippen LogP contribution in [-0.2, 0) is 0 Å². The summed E-state index contributed by atoms with van der Waals surface area (Å²) >= 11 is 0. The van der Waals surface area contributed by atoms with Crippen molar-refractivity contribution in [3.63, 3.8) is 0 Å². The fourth-order valence-corrected chi connectivity index (χ4v) is 1.35. The predicted molar refractivity (Wildman–Crippen MR) is 51.0 cm³/mol. The number of carbonyl (C=O) groups is 1. The van der Waals surface area contributed by atoms with E-state index in [2.05, 4.69) is 0 Å². The highest BCUT2D eigenvalue weighted by Crippen LogP contribution is 2.32. The summed E-state index contributed by atoms with van der Waals surface area (Å²) in [7, 11) is 0. The Morgan fingerprint density at radius 1 is 1.29 bits per heavy atom. The van der Waals surface area contributed by atoms with Gasteiger partial charge in [-0.1, -0.05) is 0 Å². The van der Waals surface area contributed by atoms with Gasteiger partial charge in [0.15, 0.2) is 17.3 Å². The van der Waals surface area contributed by atoms with Crippen LogP contribution in [0.4, 0.5) is 13.2 Å². The largest absolute Gasteiger partial charge is 0.457 e. The zero-order valence-electron chi connectivity index (χ0n) is 8.50. The molecule has 0 aromatic heterocycles. The molecule has 92 valence electrons. The average molecular weight is 247 g/mol. The molecular formula is C10H8F3NO3. The van der Waals surface area contributed by atoms with Gasteiger partial charge in [-0.15, -0.1) is 0 Å². The number of halogens is 3. The Morgan fingerprint density at radius 3 is 2.71 bits per heavy atom. The third-order valence-corrected chi connectivity index (χ3v) is 2.14. The molecule has 1 aliphatic rings. The third kappa shape index (κ3) is 2.88. The fraction of sp³-hybridized carbons (Fsp3) is 0.300. The van der Waals surface area contributed by atoms with Crippen molar-refractivity contribution in [2.75, 3.05) is 13.3 Å². The lowest BCUT2D eigenvalue weighted by Gasteiger charge is -2.07. The Balaban J connectivity index is 2.05. The van der Waals surface area contributed by atoms with E-state index in [0.717, 1.165) is 0 Å². The van der Waals surface area contributed by atoms with Gasteiger partial charge in [-0.3, -0.25) is 4.79 Å². The molecule has 7 heteroatoms. The number of carbonyl (C=O) groups excluding carboxylic acids is 1. The molecule has 1 aromatic carbocycles. The molecule has 1 heterocycles. The minimum atomic E-state index is -4.56. The molecule has 0 saturated heterocycles. The molecule has 0 bridgehead atoms. The Bertz CT molecular complexity index is 445. The highest BCUT2D eigenvalue weighted by atomic mass is 19.4. The van der Waals surface area contributed by atoms with Crippen LogP contribution in [0, 0.1) is 0 Å². The predicted octanol–water partition coefficient (Wildman–Crippen LogP) is 1.71. The quantitative estimate of drug-likeness (QED) is 0.652. The Morgan fingerprint density at radius 2 is 2.00 bits per heavy atom. The number of ether oxygens (including phenoxy) is 2.